The van der Waals surface area contributed by atoms with E-state index in [1.54, 1.807) is 20.4 Å². The maximum absolute atomic E-state index is 12.6. The number of hydrogen-bond acceptors (Lipinski definition) is 7. The minimum atomic E-state index is -0.0830. The Hall–Kier alpha value is -2.87. The third-order valence-electron chi connectivity index (χ3n) is 4.49. The van der Waals surface area contributed by atoms with E-state index in [0.29, 0.717) is 37.8 Å². The number of hydrogen-bond donors (Lipinski definition) is 1. The number of rotatable bonds is 7. The highest BCUT2D eigenvalue weighted by Crippen LogP contribution is 2.20. The Kier molecular flexibility index (Phi) is 6.43. The van der Waals surface area contributed by atoms with Gasteiger partial charge >= 0.3 is 0 Å². The second-order valence-electron chi connectivity index (χ2n) is 6.18. The molecule has 1 aliphatic heterocycles. The summed E-state index contributed by atoms with van der Waals surface area (Å²) in [6, 6.07) is 7.98. The molecule has 1 saturated heterocycles. The van der Waals surface area contributed by atoms with Gasteiger partial charge in [0.15, 0.2) is 0 Å². The molecular weight excluding hydrogens is 346 g/mol. The summed E-state index contributed by atoms with van der Waals surface area (Å²) in [6.45, 7) is 4.09. The lowest BCUT2D eigenvalue weighted by Crippen LogP contribution is -2.49. The van der Waals surface area contributed by atoms with Crippen molar-refractivity contribution in [3.63, 3.8) is 0 Å². The monoisotopic (exact) mass is 371 g/mol. The average Bonchev–Trinajstić information content (AvgIpc) is 2.74. The third kappa shape index (κ3) is 4.85. The molecule has 0 atom stereocenters. The van der Waals surface area contributed by atoms with Crippen molar-refractivity contribution in [1.82, 2.24) is 14.9 Å². The van der Waals surface area contributed by atoms with E-state index >= 15 is 0 Å². The highest BCUT2D eigenvalue weighted by atomic mass is 16.5. The molecule has 1 N–H and O–H groups in total. The predicted molar refractivity (Wildman–Crippen MR) is 104 cm³/mol. The first-order valence-corrected chi connectivity index (χ1v) is 8.94. The smallest absolute Gasteiger partial charge is 0.274 e. The van der Waals surface area contributed by atoms with Gasteiger partial charge in [-0.3, -0.25) is 4.79 Å². The number of nitrogens with one attached hydrogen (secondary N) is 1. The molecule has 1 aliphatic rings. The lowest BCUT2D eigenvalue weighted by atomic mass is 10.2. The van der Waals surface area contributed by atoms with E-state index < -0.39 is 0 Å². The van der Waals surface area contributed by atoms with Crippen LogP contribution >= 0.6 is 0 Å². The van der Waals surface area contributed by atoms with E-state index in [9.17, 15) is 4.79 Å². The highest BCUT2D eigenvalue weighted by Gasteiger charge is 2.23. The molecule has 2 aromatic rings. The van der Waals surface area contributed by atoms with Crippen LogP contribution in [0.4, 0.5) is 11.5 Å². The van der Waals surface area contributed by atoms with Gasteiger partial charge in [0.2, 0.25) is 0 Å². The first-order chi connectivity index (χ1) is 13.2. The molecule has 0 saturated carbocycles. The Morgan fingerprint density at radius 1 is 1.07 bits per heavy atom. The molecule has 0 unspecified atom stereocenters. The Morgan fingerprint density at radius 3 is 2.41 bits per heavy atom. The fraction of sp³-hybridized carbons (Fsp3) is 0.421. The zero-order chi connectivity index (χ0) is 19.1. The molecule has 8 heteroatoms. The standard InChI is InChI=1S/C19H25N5O3/c1-26-12-7-20-18-14-21-17(13-22-18)19(25)24-10-8-23(9-11-24)15-3-5-16(27-2)6-4-15/h3-6,13-14H,7-12H2,1-2H3,(H,20,22). The number of benzene rings is 1. The topological polar surface area (TPSA) is 79.8 Å². The first-order valence-electron chi connectivity index (χ1n) is 8.94. The van der Waals surface area contributed by atoms with Crippen molar-refractivity contribution in [2.24, 2.45) is 0 Å². The number of piperazine rings is 1. The molecule has 1 fully saturated rings. The Balaban J connectivity index is 1.53. The number of aromatic nitrogens is 2. The number of anilines is 2. The Bertz CT molecular complexity index is 728. The van der Waals surface area contributed by atoms with E-state index in [2.05, 4.69) is 20.2 Å². The van der Waals surface area contributed by atoms with Crippen LogP contribution in [0.3, 0.4) is 0 Å². The number of ether oxygens (including phenoxy) is 2. The molecular formula is C19H25N5O3. The maximum atomic E-state index is 12.6. The van der Waals surface area contributed by atoms with Crippen molar-refractivity contribution < 1.29 is 14.3 Å². The van der Waals surface area contributed by atoms with Gasteiger partial charge in [-0.05, 0) is 24.3 Å². The number of nitrogens with zero attached hydrogens (tertiary/aromatic N) is 4. The van der Waals surface area contributed by atoms with Crippen LogP contribution in [0.1, 0.15) is 10.5 Å². The van der Waals surface area contributed by atoms with Gasteiger partial charge in [-0.25, -0.2) is 9.97 Å². The predicted octanol–water partition coefficient (Wildman–Crippen LogP) is 1.51. The van der Waals surface area contributed by atoms with Gasteiger partial charge in [0.05, 0.1) is 26.1 Å². The van der Waals surface area contributed by atoms with Gasteiger partial charge in [-0.15, -0.1) is 0 Å². The second kappa shape index (κ2) is 9.18. The summed E-state index contributed by atoms with van der Waals surface area (Å²) in [5, 5.41) is 3.08. The average molecular weight is 371 g/mol. The molecule has 0 spiro atoms. The van der Waals surface area contributed by atoms with Crippen LogP contribution in [0.2, 0.25) is 0 Å². The van der Waals surface area contributed by atoms with E-state index in [-0.39, 0.29) is 5.91 Å². The minimum absolute atomic E-state index is 0.0830. The summed E-state index contributed by atoms with van der Waals surface area (Å²) in [5.41, 5.74) is 1.50. The molecule has 0 radical (unpaired) electrons. The van der Waals surface area contributed by atoms with Crippen LogP contribution in [0.25, 0.3) is 0 Å². The SMILES string of the molecule is COCCNc1cnc(C(=O)N2CCN(c3ccc(OC)cc3)CC2)cn1. The lowest BCUT2D eigenvalue weighted by Gasteiger charge is -2.36. The van der Waals surface area contributed by atoms with Crippen LogP contribution in [0, 0.1) is 0 Å². The van der Waals surface area contributed by atoms with E-state index in [4.69, 9.17) is 9.47 Å². The van der Waals surface area contributed by atoms with Crippen molar-refractivity contribution in [1.29, 1.82) is 0 Å². The molecule has 27 heavy (non-hydrogen) atoms. The Morgan fingerprint density at radius 2 is 1.81 bits per heavy atom. The molecule has 3 rings (SSSR count). The van der Waals surface area contributed by atoms with Gasteiger partial charge in [-0.1, -0.05) is 0 Å². The van der Waals surface area contributed by atoms with Gasteiger partial charge in [0.25, 0.3) is 5.91 Å². The zero-order valence-electron chi connectivity index (χ0n) is 15.7. The normalized spacial score (nSPS) is 14.1. The van der Waals surface area contributed by atoms with Gasteiger partial charge in [-0.2, -0.15) is 0 Å². The van der Waals surface area contributed by atoms with Crippen molar-refractivity contribution >= 4 is 17.4 Å². The summed E-state index contributed by atoms with van der Waals surface area (Å²) in [7, 11) is 3.30. The van der Waals surface area contributed by atoms with Crippen molar-refractivity contribution in [3.05, 3.63) is 42.4 Å². The number of carbonyl (C=O) groups is 1. The molecule has 1 amide bonds. The molecule has 8 nitrogen and oxygen atoms in total. The number of methoxy groups -OCH3 is 2. The van der Waals surface area contributed by atoms with Crippen molar-refractivity contribution in [2.75, 3.05) is 63.8 Å². The molecule has 1 aromatic carbocycles. The fourth-order valence-corrected chi connectivity index (χ4v) is 2.93. The summed E-state index contributed by atoms with van der Waals surface area (Å²) in [5.74, 6) is 1.39. The van der Waals surface area contributed by atoms with Gasteiger partial charge < -0.3 is 24.6 Å². The van der Waals surface area contributed by atoms with Crippen LogP contribution in [0.15, 0.2) is 36.7 Å². The van der Waals surface area contributed by atoms with Crippen LogP contribution in [-0.4, -0.2) is 74.3 Å². The molecule has 0 aliphatic carbocycles. The summed E-state index contributed by atoms with van der Waals surface area (Å²) >= 11 is 0. The molecule has 0 bridgehead atoms. The second-order valence-corrected chi connectivity index (χ2v) is 6.18. The number of amides is 1. The quantitative estimate of drug-likeness (QED) is 0.739. The van der Waals surface area contributed by atoms with E-state index in [1.165, 1.54) is 6.20 Å². The minimum Gasteiger partial charge on any atom is -0.497 e. The largest absolute Gasteiger partial charge is 0.497 e. The first kappa shape index (κ1) is 18.9. The van der Waals surface area contributed by atoms with Gasteiger partial charge in [0, 0.05) is 45.5 Å². The summed E-state index contributed by atoms with van der Waals surface area (Å²) in [6.07, 6.45) is 3.10. The van der Waals surface area contributed by atoms with Crippen LogP contribution < -0.4 is 15.0 Å². The summed E-state index contributed by atoms with van der Waals surface area (Å²) < 4.78 is 10.2. The summed E-state index contributed by atoms with van der Waals surface area (Å²) in [4.78, 5) is 25.2. The van der Waals surface area contributed by atoms with Gasteiger partial charge in [0.1, 0.15) is 17.3 Å². The molecule has 1 aromatic heterocycles. The Labute approximate surface area is 159 Å². The zero-order valence-corrected chi connectivity index (χ0v) is 15.7. The third-order valence-corrected chi connectivity index (χ3v) is 4.49. The van der Waals surface area contributed by atoms with Crippen LogP contribution in [-0.2, 0) is 4.74 Å². The van der Waals surface area contributed by atoms with Crippen molar-refractivity contribution in [2.45, 2.75) is 0 Å². The number of carbonyl (C=O) groups excluding carboxylic acids is 1. The molecule has 2 heterocycles. The van der Waals surface area contributed by atoms with Crippen LogP contribution in [0.5, 0.6) is 5.75 Å². The maximum Gasteiger partial charge on any atom is 0.274 e. The van der Waals surface area contributed by atoms with Crippen molar-refractivity contribution in [3.8, 4) is 5.75 Å². The highest BCUT2D eigenvalue weighted by molar-refractivity contribution is 5.92. The van der Waals surface area contributed by atoms with E-state index in [1.807, 2.05) is 29.2 Å². The fourth-order valence-electron chi connectivity index (χ4n) is 2.93. The van der Waals surface area contributed by atoms with E-state index in [0.717, 1.165) is 24.5 Å². The molecule has 144 valence electrons. The lowest BCUT2D eigenvalue weighted by molar-refractivity contribution is 0.0740.